The molecule has 9 nitrogen and oxygen atoms in total. The Bertz CT molecular complexity index is 670. The van der Waals surface area contributed by atoms with Crippen molar-refractivity contribution in [1.29, 1.82) is 0 Å². The zero-order chi connectivity index (χ0) is 18.6. The molecule has 136 valence electrons. The van der Waals surface area contributed by atoms with Gasteiger partial charge in [-0.3, -0.25) is 24.6 Å². The van der Waals surface area contributed by atoms with Gasteiger partial charge in [-0.2, -0.15) is 0 Å². The van der Waals surface area contributed by atoms with Gasteiger partial charge in [0.1, 0.15) is 11.4 Å². The van der Waals surface area contributed by atoms with Crippen LogP contribution in [0, 0.1) is 10.1 Å². The average molecular weight is 350 g/mol. The highest BCUT2D eigenvalue weighted by molar-refractivity contribution is 5.96. The Morgan fingerprint density at radius 1 is 1.28 bits per heavy atom. The molecular weight excluding hydrogens is 328 g/mol. The first-order valence-electron chi connectivity index (χ1n) is 7.96. The minimum absolute atomic E-state index is 0.0191. The second kappa shape index (κ2) is 7.93. The van der Waals surface area contributed by atoms with Gasteiger partial charge in [0.25, 0.3) is 5.69 Å². The monoisotopic (exact) mass is 350 g/mol. The van der Waals surface area contributed by atoms with Crippen molar-refractivity contribution in [1.82, 2.24) is 9.80 Å². The van der Waals surface area contributed by atoms with E-state index in [1.165, 1.54) is 26.2 Å². The lowest BCUT2D eigenvalue weighted by molar-refractivity contribution is -0.384. The molecular formula is C16H22N4O5. The number of nitrogens with zero attached hydrogens (tertiary/aromatic N) is 3. The van der Waals surface area contributed by atoms with Gasteiger partial charge in [0.05, 0.1) is 24.1 Å². The van der Waals surface area contributed by atoms with Crippen LogP contribution in [0.2, 0.25) is 0 Å². The number of anilines is 1. The summed E-state index contributed by atoms with van der Waals surface area (Å²) in [5, 5.41) is 13.8. The van der Waals surface area contributed by atoms with Crippen molar-refractivity contribution in [3.05, 3.63) is 28.3 Å². The number of carbonyl (C=O) groups excluding carboxylic acids is 2. The summed E-state index contributed by atoms with van der Waals surface area (Å²) in [7, 11) is 1.42. The maximum absolute atomic E-state index is 12.5. The van der Waals surface area contributed by atoms with Gasteiger partial charge in [0.2, 0.25) is 11.8 Å². The lowest BCUT2D eigenvalue weighted by Gasteiger charge is -2.36. The highest BCUT2D eigenvalue weighted by atomic mass is 16.6. The molecule has 1 fully saturated rings. The van der Waals surface area contributed by atoms with Crippen molar-refractivity contribution < 1.29 is 19.2 Å². The highest BCUT2D eigenvalue weighted by Gasteiger charge is 2.27. The van der Waals surface area contributed by atoms with Crippen molar-refractivity contribution in [3.63, 3.8) is 0 Å². The van der Waals surface area contributed by atoms with E-state index < -0.39 is 11.0 Å². The molecule has 0 aromatic heterocycles. The van der Waals surface area contributed by atoms with Crippen LogP contribution in [0.1, 0.15) is 13.8 Å². The molecule has 0 radical (unpaired) electrons. The van der Waals surface area contributed by atoms with Crippen molar-refractivity contribution in [2.24, 2.45) is 0 Å². The molecule has 1 aromatic rings. The molecule has 1 aromatic carbocycles. The van der Waals surface area contributed by atoms with E-state index in [-0.39, 0.29) is 23.2 Å². The Kier molecular flexibility index (Phi) is 5.92. The van der Waals surface area contributed by atoms with Gasteiger partial charge < -0.3 is 15.0 Å². The maximum Gasteiger partial charge on any atom is 0.296 e. The van der Waals surface area contributed by atoms with E-state index in [4.69, 9.17) is 4.74 Å². The normalized spacial score (nSPS) is 16.2. The van der Waals surface area contributed by atoms with Crippen LogP contribution in [0.25, 0.3) is 0 Å². The summed E-state index contributed by atoms with van der Waals surface area (Å²) in [5.41, 5.74) is -0.0914. The van der Waals surface area contributed by atoms with Gasteiger partial charge in [-0.25, -0.2) is 0 Å². The second-order valence-electron chi connectivity index (χ2n) is 5.85. The Balaban J connectivity index is 2.04. The smallest absolute Gasteiger partial charge is 0.296 e. The number of nitro benzene ring substituents is 1. The Morgan fingerprint density at radius 2 is 1.92 bits per heavy atom. The summed E-state index contributed by atoms with van der Waals surface area (Å²) in [4.78, 5) is 38.1. The Hall–Kier alpha value is -2.68. The second-order valence-corrected chi connectivity index (χ2v) is 5.85. The quantitative estimate of drug-likeness (QED) is 0.630. The molecule has 1 heterocycles. The van der Waals surface area contributed by atoms with Crippen LogP contribution in [0.5, 0.6) is 5.75 Å². The maximum atomic E-state index is 12.5. The van der Waals surface area contributed by atoms with E-state index in [9.17, 15) is 19.7 Å². The molecule has 2 amide bonds. The summed E-state index contributed by atoms with van der Waals surface area (Å²) in [6.45, 7) is 5.56. The van der Waals surface area contributed by atoms with E-state index in [0.29, 0.717) is 31.9 Å². The fourth-order valence-electron chi connectivity index (χ4n) is 2.72. The number of methoxy groups -OCH3 is 1. The number of nitrogens with one attached hydrogen (secondary N) is 1. The van der Waals surface area contributed by atoms with Gasteiger partial charge in [-0.05, 0) is 19.1 Å². The predicted molar refractivity (Wildman–Crippen MR) is 91.6 cm³/mol. The largest absolute Gasteiger partial charge is 0.496 e. The molecule has 1 N–H and O–H groups in total. The number of carbonyl (C=O) groups is 2. The van der Waals surface area contributed by atoms with Crippen molar-refractivity contribution in [2.45, 2.75) is 19.9 Å². The Labute approximate surface area is 145 Å². The fourth-order valence-corrected chi connectivity index (χ4v) is 2.72. The fraction of sp³-hybridized carbons (Fsp3) is 0.500. The lowest BCUT2D eigenvalue weighted by Crippen LogP contribution is -2.53. The number of hydrogen-bond donors (Lipinski definition) is 1. The van der Waals surface area contributed by atoms with Crippen LogP contribution in [0.4, 0.5) is 11.4 Å². The lowest BCUT2D eigenvalue weighted by atomic mass is 10.2. The van der Waals surface area contributed by atoms with Crippen LogP contribution in [-0.2, 0) is 9.59 Å². The molecule has 1 saturated heterocycles. The number of amides is 2. The molecule has 0 aliphatic carbocycles. The van der Waals surface area contributed by atoms with Crippen LogP contribution in [-0.4, -0.2) is 65.9 Å². The van der Waals surface area contributed by atoms with E-state index in [0.717, 1.165) is 0 Å². The number of ether oxygens (including phenoxy) is 1. The van der Waals surface area contributed by atoms with Crippen LogP contribution >= 0.6 is 0 Å². The van der Waals surface area contributed by atoms with Crippen LogP contribution in [0.3, 0.4) is 0 Å². The summed E-state index contributed by atoms with van der Waals surface area (Å²) >= 11 is 0. The van der Waals surface area contributed by atoms with Gasteiger partial charge in [0, 0.05) is 33.1 Å². The molecule has 1 atom stereocenters. The van der Waals surface area contributed by atoms with E-state index in [1.807, 2.05) is 4.90 Å². The number of nitro groups is 1. The first-order valence-corrected chi connectivity index (χ1v) is 7.96. The SMILES string of the molecule is COc1ccc(NC(=O)[C@H](C)N2CCN(C(C)=O)CC2)c([N+](=O)[O-])c1. The summed E-state index contributed by atoms with van der Waals surface area (Å²) in [6.07, 6.45) is 0. The zero-order valence-electron chi connectivity index (χ0n) is 14.5. The van der Waals surface area contributed by atoms with Crippen LogP contribution < -0.4 is 10.1 Å². The number of piperazine rings is 1. The zero-order valence-corrected chi connectivity index (χ0v) is 14.5. The van der Waals surface area contributed by atoms with Crippen molar-refractivity contribution >= 4 is 23.2 Å². The molecule has 0 bridgehead atoms. The summed E-state index contributed by atoms with van der Waals surface area (Å²) in [6, 6.07) is 3.82. The predicted octanol–water partition coefficient (Wildman–Crippen LogP) is 1.09. The summed E-state index contributed by atoms with van der Waals surface area (Å²) < 4.78 is 4.98. The molecule has 1 aliphatic rings. The number of hydrogen-bond acceptors (Lipinski definition) is 6. The number of rotatable bonds is 5. The third kappa shape index (κ3) is 4.44. The third-order valence-electron chi connectivity index (χ3n) is 4.35. The van der Waals surface area contributed by atoms with E-state index in [2.05, 4.69) is 5.32 Å². The van der Waals surface area contributed by atoms with Gasteiger partial charge in [-0.15, -0.1) is 0 Å². The van der Waals surface area contributed by atoms with Crippen LogP contribution in [0.15, 0.2) is 18.2 Å². The molecule has 9 heteroatoms. The molecule has 0 saturated carbocycles. The molecule has 25 heavy (non-hydrogen) atoms. The minimum atomic E-state index is -0.561. The number of benzene rings is 1. The topological polar surface area (TPSA) is 105 Å². The molecule has 0 spiro atoms. The van der Waals surface area contributed by atoms with Crippen molar-refractivity contribution in [2.75, 3.05) is 38.6 Å². The molecule has 2 rings (SSSR count). The van der Waals surface area contributed by atoms with Gasteiger partial charge in [0.15, 0.2) is 0 Å². The highest BCUT2D eigenvalue weighted by Crippen LogP contribution is 2.29. The minimum Gasteiger partial charge on any atom is -0.496 e. The molecule has 0 unspecified atom stereocenters. The first-order chi connectivity index (χ1) is 11.8. The van der Waals surface area contributed by atoms with Gasteiger partial charge in [-0.1, -0.05) is 0 Å². The average Bonchev–Trinajstić information content (AvgIpc) is 2.61. The third-order valence-corrected chi connectivity index (χ3v) is 4.35. The van der Waals surface area contributed by atoms with E-state index >= 15 is 0 Å². The van der Waals surface area contributed by atoms with Gasteiger partial charge >= 0.3 is 0 Å². The standard InChI is InChI=1S/C16H22N4O5/c1-11(18-6-8-19(9-7-18)12(2)21)16(22)17-14-5-4-13(25-3)10-15(14)20(23)24/h4-5,10-11H,6-9H2,1-3H3,(H,17,22)/t11-/m0/s1. The molecule has 1 aliphatic heterocycles. The Morgan fingerprint density at radius 3 is 2.44 bits per heavy atom. The summed E-state index contributed by atoms with van der Waals surface area (Å²) in [5.74, 6) is 0.0354. The van der Waals surface area contributed by atoms with E-state index in [1.54, 1.807) is 17.9 Å². The first kappa shape index (κ1) is 18.7. The van der Waals surface area contributed by atoms with Crippen molar-refractivity contribution in [3.8, 4) is 5.75 Å².